The molecule has 0 aliphatic carbocycles. The van der Waals surface area contributed by atoms with E-state index in [4.69, 9.17) is 10.8 Å². The molecule has 0 radical (unpaired) electrons. The molecule has 0 fully saturated rings. The van der Waals surface area contributed by atoms with Crippen LogP contribution in [0.4, 0.5) is 0 Å². The summed E-state index contributed by atoms with van der Waals surface area (Å²) in [7, 11) is 0. The third-order valence-corrected chi connectivity index (χ3v) is 2.70. The Morgan fingerprint density at radius 3 is 2.47 bits per heavy atom. The highest BCUT2D eigenvalue weighted by molar-refractivity contribution is 5.73. The first-order chi connectivity index (χ1) is 8.13. The van der Waals surface area contributed by atoms with Crippen LogP contribution < -0.4 is 11.1 Å². The molecule has 0 aliphatic rings. The Bertz CT molecular complexity index is 349. The topological polar surface area (TPSA) is 75.3 Å². The Kier molecular flexibility index (Phi) is 5.66. The molecule has 1 rings (SSSR count). The van der Waals surface area contributed by atoms with Crippen molar-refractivity contribution in [2.45, 2.75) is 25.8 Å². The zero-order chi connectivity index (χ0) is 12.7. The predicted molar refractivity (Wildman–Crippen MR) is 68.0 cm³/mol. The van der Waals surface area contributed by atoms with Gasteiger partial charge in [0, 0.05) is 6.54 Å². The first kappa shape index (κ1) is 13.7. The fourth-order valence-corrected chi connectivity index (χ4v) is 1.52. The zero-order valence-corrected chi connectivity index (χ0v) is 10.1. The Morgan fingerprint density at radius 1 is 1.35 bits per heavy atom. The van der Waals surface area contributed by atoms with Crippen molar-refractivity contribution in [2.75, 3.05) is 13.1 Å². The van der Waals surface area contributed by atoms with Gasteiger partial charge in [-0.05, 0) is 30.5 Å². The lowest BCUT2D eigenvalue weighted by Gasteiger charge is -2.08. The number of carbonyl (C=O) groups is 1. The molecule has 4 nitrogen and oxygen atoms in total. The average molecular weight is 236 g/mol. The molecule has 0 saturated carbocycles. The lowest BCUT2D eigenvalue weighted by atomic mass is 10.1. The first-order valence-electron chi connectivity index (χ1n) is 5.90. The number of hydrogen-bond acceptors (Lipinski definition) is 3. The van der Waals surface area contributed by atoms with Crippen molar-refractivity contribution in [1.29, 1.82) is 0 Å². The van der Waals surface area contributed by atoms with Crippen LogP contribution in [0.2, 0.25) is 0 Å². The highest BCUT2D eigenvalue weighted by Gasteiger charge is 2.09. The lowest BCUT2D eigenvalue weighted by Crippen LogP contribution is -2.40. The average Bonchev–Trinajstić information content (AvgIpc) is 2.35. The zero-order valence-electron chi connectivity index (χ0n) is 10.1. The summed E-state index contributed by atoms with van der Waals surface area (Å²) >= 11 is 0. The molecule has 94 valence electrons. The largest absolute Gasteiger partial charge is 0.480 e. The second kappa shape index (κ2) is 7.04. The van der Waals surface area contributed by atoms with Gasteiger partial charge in [-0.1, -0.05) is 31.2 Å². The number of nitrogens with two attached hydrogens (primary N) is 1. The quantitative estimate of drug-likeness (QED) is 0.612. The maximum Gasteiger partial charge on any atom is 0.321 e. The van der Waals surface area contributed by atoms with Crippen molar-refractivity contribution >= 4 is 5.97 Å². The van der Waals surface area contributed by atoms with Crippen LogP contribution in [0.15, 0.2) is 24.3 Å². The fraction of sp³-hybridized carbons (Fsp3) is 0.462. The normalized spacial score (nSPS) is 12.4. The van der Waals surface area contributed by atoms with E-state index < -0.39 is 12.0 Å². The number of benzene rings is 1. The summed E-state index contributed by atoms with van der Waals surface area (Å²) in [4.78, 5) is 10.5. The molecule has 1 aromatic carbocycles. The van der Waals surface area contributed by atoms with E-state index >= 15 is 0 Å². The number of aliphatic carboxylic acids is 1. The lowest BCUT2D eigenvalue weighted by molar-refractivity contribution is -0.138. The fourth-order valence-electron chi connectivity index (χ4n) is 1.52. The van der Waals surface area contributed by atoms with Gasteiger partial charge in [0.1, 0.15) is 6.04 Å². The summed E-state index contributed by atoms with van der Waals surface area (Å²) in [5.41, 5.74) is 7.95. The van der Waals surface area contributed by atoms with Crippen molar-refractivity contribution in [3.05, 3.63) is 35.4 Å². The molecule has 4 heteroatoms. The van der Waals surface area contributed by atoms with Gasteiger partial charge in [-0.2, -0.15) is 0 Å². The smallest absolute Gasteiger partial charge is 0.321 e. The minimum atomic E-state index is -0.968. The van der Waals surface area contributed by atoms with E-state index in [-0.39, 0.29) is 0 Å². The van der Waals surface area contributed by atoms with Gasteiger partial charge < -0.3 is 16.2 Å². The number of carboxylic acid groups (broad SMARTS) is 1. The van der Waals surface area contributed by atoms with Gasteiger partial charge in [0.05, 0.1) is 0 Å². The summed E-state index contributed by atoms with van der Waals surface area (Å²) < 4.78 is 0. The molecule has 4 N–H and O–H groups in total. The molecule has 0 amide bonds. The number of hydrogen-bond donors (Lipinski definition) is 3. The van der Waals surface area contributed by atoms with Gasteiger partial charge in [-0.15, -0.1) is 0 Å². The first-order valence-corrected chi connectivity index (χ1v) is 5.90. The van der Waals surface area contributed by atoms with Crippen LogP contribution in [0.1, 0.15) is 18.1 Å². The highest BCUT2D eigenvalue weighted by Crippen LogP contribution is 2.05. The van der Waals surface area contributed by atoms with Crippen molar-refractivity contribution in [2.24, 2.45) is 5.73 Å². The minimum absolute atomic E-state index is 0.308. The van der Waals surface area contributed by atoms with Crippen LogP contribution in [0.5, 0.6) is 0 Å². The number of carboxylic acids is 1. The second-order valence-corrected chi connectivity index (χ2v) is 4.07. The Hall–Kier alpha value is -1.39. The minimum Gasteiger partial charge on any atom is -0.480 e. The van der Waals surface area contributed by atoms with Gasteiger partial charge >= 0.3 is 5.97 Å². The van der Waals surface area contributed by atoms with Crippen molar-refractivity contribution in [3.8, 4) is 0 Å². The van der Waals surface area contributed by atoms with Gasteiger partial charge in [-0.25, -0.2) is 0 Å². The summed E-state index contributed by atoms with van der Waals surface area (Å²) in [5, 5.41) is 11.6. The van der Waals surface area contributed by atoms with E-state index in [1.165, 1.54) is 11.1 Å². The van der Waals surface area contributed by atoms with Crippen LogP contribution in [0, 0.1) is 0 Å². The number of rotatable bonds is 7. The van der Waals surface area contributed by atoms with Gasteiger partial charge in [-0.3, -0.25) is 4.79 Å². The second-order valence-electron chi connectivity index (χ2n) is 4.07. The van der Waals surface area contributed by atoms with Crippen molar-refractivity contribution < 1.29 is 9.90 Å². The van der Waals surface area contributed by atoms with Crippen LogP contribution in [0.25, 0.3) is 0 Å². The molecule has 17 heavy (non-hydrogen) atoms. The van der Waals surface area contributed by atoms with Gasteiger partial charge in [0.25, 0.3) is 0 Å². The highest BCUT2D eigenvalue weighted by atomic mass is 16.4. The van der Waals surface area contributed by atoms with E-state index in [1.807, 2.05) is 0 Å². The Labute approximate surface area is 102 Å². The number of aryl methyl sites for hydroxylation is 1. The molecule has 0 spiro atoms. The van der Waals surface area contributed by atoms with Crippen LogP contribution in [0.3, 0.4) is 0 Å². The van der Waals surface area contributed by atoms with E-state index in [0.717, 1.165) is 19.4 Å². The van der Waals surface area contributed by atoms with Crippen molar-refractivity contribution in [3.63, 3.8) is 0 Å². The summed E-state index contributed by atoms with van der Waals surface area (Å²) in [6, 6.07) is 7.64. The molecule has 1 unspecified atom stereocenters. The Morgan fingerprint density at radius 2 is 1.94 bits per heavy atom. The summed E-state index contributed by atoms with van der Waals surface area (Å²) in [5.74, 6) is -0.968. The van der Waals surface area contributed by atoms with Crippen LogP contribution in [-0.4, -0.2) is 30.2 Å². The van der Waals surface area contributed by atoms with Gasteiger partial charge in [0.2, 0.25) is 0 Å². The SMILES string of the molecule is CCc1ccc(CCNCC(N)C(=O)O)cc1. The molecule has 0 heterocycles. The molecule has 1 atom stereocenters. The molecule has 0 aromatic heterocycles. The van der Waals surface area contributed by atoms with Crippen LogP contribution in [-0.2, 0) is 17.6 Å². The predicted octanol–water partition coefficient (Wildman–Crippen LogP) is 0.793. The maximum atomic E-state index is 10.5. The van der Waals surface area contributed by atoms with Crippen LogP contribution >= 0.6 is 0 Å². The van der Waals surface area contributed by atoms with E-state index in [2.05, 4.69) is 36.5 Å². The van der Waals surface area contributed by atoms with Gasteiger partial charge in [0.15, 0.2) is 0 Å². The molecule has 0 aliphatic heterocycles. The van der Waals surface area contributed by atoms with E-state index in [0.29, 0.717) is 6.54 Å². The number of nitrogens with one attached hydrogen (secondary N) is 1. The van der Waals surface area contributed by atoms with E-state index in [1.54, 1.807) is 0 Å². The molecule has 0 bridgehead atoms. The third-order valence-electron chi connectivity index (χ3n) is 2.70. The summed E-state index contributed by atoms with van der Waals surface area (Å²) in [6.07, 6.45) is 1.93. The monoisotopic (exact) mass is 236 g/mol. The third kappa shape index (κ3) is 4.97. The molecule has 1 aromatic rings. The van der Waals surface area contributed by atoms with E-state index in [9.17, 15) is 4.79 Å². The molecular weight excluding hydrogens is 216 g/mol. The maximum absolute atomic E-state index is 10.5. The Balaban J connectivity index is 2.24. The summed E-state index contributed by atoms with van der Waals surface area (Å²) in [6.45, 7) is 3.18. The molecular formula is C13H20N2O2. The molecule has 0 saturated heterocycles. The standard InChI is InChI=1S/C13H20N2O2/c1-2-10-3-5-11(6-4-10)7-8-15-9-12(14)13(16)17/h3-6,12,15H,2,7-9,14H2,1H3,(H,16,17). The van der Waals surface area contributed by atoms with Crippen molar-refractivity contribution in [1.82, 2.24) is 5.32 Å².